The second-order valence-electron chi connectivity index (χ2n) is 10.5. The molecule has 1 aromatic carbocycles. The molecular formula is C25H35F3N4O7. The minimum atomic E-state index is -5.04. The highest BCUT2D eigenvalue weighted by molar-refractivity contribution is 6.40. The lowest BCUT2D eigenvalue weighted by Crippen LogP contribution is -2.55. The van der Waals surface area contributed by atoms with E-state index in [-0.39, 0.29) is 18.8 Å². The highest BCUT2D eigenvalue weighted by Crippen LogP contribution is 2.30. The number of ether oxygens (including phenoxy) is 1. The molecule has 1 saturated heterocycles. The smallest absolute Gasteiger partial charge is 0.404 e. The van der Waals surface area contributed by atoms with Gasteiger partial charge in [-0.15, -0.1) is 13.2 Å². The van der Waals surface area contributed by atoms with E-state index in [1.165, 1.54) is 12.1 Å². The number of ketones is 1. The molecule has 0 spiro atoms. The summed E-state index contributed by atoms with van der Waals surface area (Å²) in [6.45, 7) is 5.04. The number of aliphatic hydroxyl groups excluding tert-OH is 2. The first-order valence-corrected chi connectivity index (χ1v) is 12.4. The number of hydrogen-bond donors (Lipinski definition) is 6. The Labute approximate surface area is 223 Å². The zero-order valence-corrected chi connectivity index (χ0v) is 21.9. The Hall–Kier alpha value is -3.23. The zero-order chi connectivity index (χ0) is 29.4. The molecule has 39 heavy (non-hydrogen) atoms. The van der Waals surface area contributed by atoms with Crippen molar-refractivity contribution in [1.82, 2.24) is 16.0 Å². The van der Waals surface area contributed by atoms with Gasteiger partial charge in [-0.3, -0.25) is 24.5 Å². The van der Waals surface area contributed by atoms with Crippen LogP contribution in [0.2, 0.25) is 0 Å². The van der Waals surface area contributed by atoms with Crippen molar-refractivity contribution < 1.29 is 47.3 Å². The number of para-hydroxylation sites is 2. The third-order valence-electron chi connectivity index (χ3n) is 5.96. The third-order valence-corrected chi connectivity index (χ3v) is 5.96. The lowest BCUT2D eigenvalue weighted by Gasteiger charge is -2.32. The van der Waals surface area contributed by atoms with Gasteiger partial charge in [0.25, 0.3) is 0 Å². The maximum Gasteiger partial charge on any atom is 0.573 e. The standard InChI is InChI=1S/C25H35F3N4O7/c1-24(2,3)12-17(21(36)31-16(18(34)13-33)11-14-7-6-10-29-20(14)35)32-23(38)22(37)30-15-8-4-5-9-19(15)39-25(26,27)28/h4-5,8-9,14,16-17,20,29,33,35H,6-7,10-13H2,1-3H3,(H,30,37)(H,31,36)(H,32,38)/t14-,16-,17-,20?/m0/s1. The van der Waals surface area contributed by atoms with E-state index in [4.69, 9.17) is 0 Å². The van der Waals surface area contributed by atoms with Gasteiger partial charge >= 0.3 is 18.2 Å². The van der Waals surface area contributed by atoms with Crippen molar-refractivity contribution in [2.45, 2.75) is 71.1 Å². The molecule has 1 aliphatic rings. The van der Waals surface area contributed by atoms with E-state index >= 15 is 0 Å². The van der Waals surface area contributed by atoms with Gasteiger partial charge in [0, 0.05) is 5.92 Å². The number of nitrogens with one attached hydrogen (secondary N) is 4. The summed E-state index contributed by atoms with van der Waals surface area (Å²) < 4.78 is 41.9. The van der Waals surface area contributed by atoms with Crippen LogP contribution in [-0.4, -0.2) is 71.5 Å². The van der Waals surface area contributed by atoms with Crippen LogP contribution < -0.4 is 26.0 Å². The predicted octanol–water partition coefficient (Wildman–Crippen LogP) is 1.20. The van der Waals surface area contributed by atoms with Gasteiger partial charge < -0.3 is 30.9 Å². The molecular weight excluding hydrogens is 525 g/mol. The molecule has 1 heterocycles. The fourth-order valence-corrected chi connectivity index (χ4v) is 4.15. The largest absolute Gasteiger partial charge is 0.573 e. The average Bonchev–Trinajstić information content (AvgIpc) is 2.83. The number of alkyl halides is 3. The first-order valence-electron chi connectivity index (χ1n) is 12.4. The van der Waals surface area contributed by atoms with Gasteiger partial charge in [0.2, 0.25) is 5.91 Å². The molecule has 218 valence electrons. The fraction of sp³-hybridized carbons (Fsp3) is 0.600. The summed E-state index contributed by atoms with van der Waals surface area (Å²) in [6, 6.07) is 2.14. The number of benzene rings is 1. The molecule has 1 unspecified atom stereocenters. The quantitative estimate of drug-likeness (QED) is 0.232. The Morgan fingerprint density at radius 2 is 1.74 bits per heavy atom. The van der Waals surface area contributed by atoms with Crippen LogP contribution in [0.5, 0.6) is 5.75 Å². The van der Waals surface area contributed by atoms with Gasteiger partial charge in [0.1, 0.15) is 18.9 Å². The van der Waals surface area contributed by atoms with Crippen LogP contribution in [-0.2, 0) is 19.2 Å². The Balaban J connectivity index is 2.16. The number of rotatable bonds is 10. The van der Waals surface area contributed by atoms with E-state index < -0.39 is 71.6 Å². The summed E-state index contributed by atoms with van der Waals surface area (Å²) in [5, 5.41) is 29.3. The van der Waals surface area contributed by atoms with E-state index in [9.17, 15) is 42.6 Å². The minimum Gasteiger partial charge on any atom is -0.404 e. The molecule has 0 saturated carbocycles. The van der Waals surface area contributed by atoms with Gasteiger partial charge in [-0.25, -0.2) is 0 Å². The molecule has 0 bridgehead atoms. The Morgan fingerprint density at radius 1 is 1.08 bits per heavy atom. The number of hydrogen-bond acceptors (Lipinski definition) is 8. The van der Waals surface area contributed by atoms with E-state index in [1.807, 2.05) is 5.32 Å². The number of aliphatic hydroxyl groups is 2. The number of carbonyl (C=O) groups is 4. The minimum absolute atomic E-state index is 0.0271. The van der Waals surface area contributed by atoms with Gasteiger partial charge in [0.05, 0.1) is 11.7 Å². The maximum atomic E-state index is 13.2. The second kappa shape index (κ2) is 13.7. The van der Waals surface area contributed by atoms with Crippen molar-refractivity contribution in [2.24, 2.45) is 11.3 Å². The molecule has 1 aliphatic heterocycles. The molecule has 6 N–H and O–H groups in total. The van der Waals surface area contributed by atoms with Crippen molar-refractivity contribution in [3.63, 3.8) is 0 Å². The van der Waals surface area contributed by atoms with Crippen LogP contribution in [0.25, 0.3) is 0 Å². The molecule has 4 atom stereocenters. The number of halogens is 3. The number of Topliss-reactive ketones (excluding diaryl/α,β-unsaturated/α-hetero) is 1. The molecule has 1 aromatic rings. The summed E-state index contributed by atoms with van der Waals surface area (Å²) in [6.07, 6.45) is -4.55. The second-order valence-corrected chi connectivity index (χ2v) is 10.5. The average molecular weight is 561 g/mol. The highest BCUT2D eigenvalue weighted by atomic mass is 19.4. The number of carbonyl (C=O) groups excluding carboxylic acids is 4. The Kier molecular flexibility index (Phi) is 11.2. The van der Waals surface area contributed by atoms with Gasteiger partial charge in [-0.2, -0.15) is 0 Å². The van der Waals surface area contributed by atoms with Gasteiger partial charge in [-0.05, 0) is 49.8 Å². The SMILES string of the molecule is CC(C)(C)C[C@H](NC(=O)C(=O)Nc1ccccc1OC(F)(F)F)C(=O)N[C@@H](C[C@@H]1CCCNC1O)C(=O)CO. The summed E-state index contributed by atoms with van der Waals surface area (Å²) in [5.41, 5.74) is -0.959. The van der Waals surface area contributed by atoms with Crippen molar-refractivity contribution in [2.75, 3.05) is 18.5 Å². The van der Waals surface area contributed by atoms with Crippen LogP contribution in [0.1, 0.15) is 46.5 Å². The van der Waals surface area contributed by atoms with Crippen LogP contribution >= 0.6 is 0 Å². The number of amides is 3. The molecule has 3 amide bonds. The summed E-state index contributed by atoms with van der Waals surface area (Å²) >= 11 is 0. The van der Waals surface area contributed by atoms with Crippen molar-refractivity contribution >= 4 is 29.2 Å². The first-order chi connectivity index (χ1) is 18.1. The van der Waals surface area contributed by atoms with E-state index in [0.29, 0.717) is 13.0 Å². The van der Waals surface area contributed by atoms with E-state index in [1.54, 1.807) is 20.8 Å². The Morgan fingerprint density at radius 3 is 2.33 bits per heavy atom. The zero-order valence-electron chi connectivity index (χ0n) is 21.9. The number of anilines is 1. The maximum absolute atomic E-state index is 13.2. The highest BCUT2D eigenvalue weighted by Gasteiger charge is 2.35. The van der Waals surface area contributed by atoms with Gasteiger partial charge in [-0.1, -0.05) is 32.9 Å². The normalized spacial score (nSPS) is 19.4. The third kappa shape index (κ3) is 10.8. The molecule has 0 aliphatic carbocycles. The summed E-state index contributed by atoms with van der Waals surface area (Å²) in [5.74, 6) is -5.27. The monoisotopic (exact) mass is 560 g/mol. The topological polar surface area (TPSA) is 166 Å². The van der Waals surface area contributed by atoms with Crippen molar-refractivity contribution in [3.8, 4) is 5.75 Å². The van der Waals surface area contributed by atoms with Crippen molar-refractivity contribution in [1.29, 1.82) is 0 Å². The van der Waals surface area contributed by atoms with Crippen molar-refractivity contribution in [3.05, 3.63) is 24.3 Å². The molecule has 11 nitrogen and oxygen atoms in total. The summed E-state index contributed by atoms with van der Waals surface area (Å²) in [4.78, 5) is 50.8. The molecule has 1 fully saturated rings. The fourth-order valence-electron chi connectivity index (χ4n) is 4.15. The van der Waals surface area contributed by atoms with Crippen LogP contribution in [0.3, 0.4) is 0 Å². The lowest BCUT2D eigenvalue weighted by molar-refractivity contribution is -0.274. The lowest BCUT2D eigenvalue weighted by atomic mass is 9.86. The molecule has 14 heteroatoms. The molecule has 0 aromatic heterocycles. The molecule has 0 radical (unpaired) electrons. The summed E-state index contributed by atoms with van der Waals surface area (Å²) in [7, 11) is 0. The number of piperidine rings is 1. The van der Waals surface area contributed by atoms with E-state index in [2.05, 4.69) is 20.7 Å². The Bertz CT molecular complexity index is 1030. The van der Waals surface area contributed by atoms with Gasteiger partial charge in [0.15, 0.2) is 11.5 Å². The van der Waals surface area contributed by atoms with Crippen LogP contribution in [0.4, 0.5) is 18.9 Å². The van der Waals surface area contributed by atoms with E-state index in [0.717, 1.165) is 18.6 Å². The van der Waals surface area contributed by atoms with Crippen LogP contribution in [0.15, 0.2) is 24.3 Å². The predicted molar refractivity (Wildman–Crippen MR) is 133 cm³/mol. The van der Waals surface area contributed by atoms with Crippen LogP contribution in [0, 0.1) is 11.3 Å². The molecule has 2 rings (SSSR count). The first kappa shape index (κ1) is 32.0.